The van der Waals surface area contributed by atoms with Crippen molar-refractivity contribution < 1.29 is 0 Å². The molecule has 0 unspecified atom stereocenters. The summed E-state index contributed by atoms with van der Waals surface area (Å²) in [5.74, 6) is 0. The Morgan fingerprint density at radius 2 is 0.500 bits per heavy atom. The van der Waals surface area contributed by atoms with Crippen LogP contribution in [0.1, 0.15) is 0 Å². The van der Waals surface area contributed by atoms with E-state index in [1.807, 2.05) is 0 Å². The molecule has 0 nitrogen and oxygen atoms in total. The molecule has 0 fully saturated rings. The Balaban J connectivity index is 1.10. The molecule has 0 aliphatic heterocycles. The Bertz CT molecular complexity index is 5000. The van der Waals surface area contributed by atoms with Crippen molar-refractivity contribution in [2.24, 2.45) is 0 Å². The molecule has 0 saturated carbocycles. The summed E-state index contributed by atoms with van der Waals surface area (Å²) in [6.07, 6.45) is 0. The Labute approximate surface area is 415 Å². The molecule has 14 aromatic carbocycles. The number of hydrogen-bond donors (Lipinski definition) is 0. The fourth-order valence-corrected chi connectivity index (χ4v) is 13.2. The molecule has 0 saturated heterocycles. The van der Waals surface area contributed by atoms with Gasteiger partial charge in [0.05, 0.1) is 0 Å². The topological polar surface area (TPSA) is 0 Å². The summed E-state index contributed by atoms with van der Waals surface area (Å²) in [6, 6.07) is 95.4. The minimum atomic E-state index is 1.22. The molecule has 0 spiro atoms. The molecule has 0 bridgehead atoms. The van der Waals surface area contributed by atoms with E-state index >= 15 is 0 Å². The SMILES string of the molecule is c1ccc(-c2ccc3c(-c4ccccc4)c4c(c(-c5ccccc5)c3c2)=c2ccc3c5ccc6c7c(ccc(c8ccc=4c2c83)c75)=c2c(-c3ccccc3)cc(-c3ccccc3)c(-c3ccccc3)c2=6)cc1. The van der Waals surface area contributed by atoms with Gasteiger partial charge in [-0.2, -0.15) is 0 Å². The molecule has 2 aliphatic rings. The highest BCUT2D eigenvalue weighted by Gasteiger charge is 2.25. The average molecular weight is 907 g/mol. The zero-order valence-corrected chi connectivity index (χ0v) is 39.2. The van der Waals surface area contributed by atoms with E-state index in [-0.39, 0.29) is 0 Å². The van der Waals surface area contributed by atoms with Gasteiger partial charge < -0.3 is 0 Å². The lowest BCUT2D eigenvalue weighted by Gasteiger charge is -2.16. The van der Waals surface area contributed by atoms with E-state index in [1.54, 1.807) is 0 Å². The van der Waals surface area contributed by atoms with E-state index in [1.165, 1.54) is 162 Å². The number of fused-ring (bicyclic) bond motifs is 5. The van der Waals surface area contributed by atoms with Crippen molar-refractivity contribution in [2.45, 2.75) is 0 Å². The molecule has 0 heterocycles. The van der Waals surface area contributed by atoms with Gasteiger partial charge in [-0.1, -0.05) is 243 Å². The highest BCUT2D eigenvalue weighted by Crippen LogP contribution is 2.49. The summed E-state index contributed by atoms with van der Waals surface area (Å²) < 4.78 is 0. The minimum absolute atomic E-state index is 1.22. The monoisotopic (exact) mass is 906 g/mol. The maximum atomic E-state index is 2.47. The zero-order valence-electron chi connectivity index (χ0n) is 39.2. The van der Waals surface area contributed by atoms with Crippen molar-refractivity contribution in [3.63, 3.8) is 0 Å². The van der Waals surface area contributed by atoms with Crippen LogP contribution in [0.2, 0.25) is 0 Å². The van der Waals surface area contributed by atoms with Crippen LogP contribution >= 0.6 is 0 Å². The smallest absolute Gasteiger partial charge is 0.000740 e. The molecule has 0 heteroatoms. The summed E-state index contributed by atoms with van der Waals surface area (Å²) in [7, 11) is 0. The maximum Gasteiger partial charge on any atom is -0.000740 e. The van der Waals surface area contributed by atoms with Crippen LogP contribution in [0, 0.1) is 41.7 Å². The molecule has 0 amide bonds. The molecule has 72 heavy (non-hydrogen) atoms. The van der Waals surface area contributed by atoms with Crippen molar-refractivity contribution in [3.8, 4) is 66.8 Å². The molecule has 2 aliphatic carbocycles. The van der Waals surface area contributed by atoms with Crippen LogP contribution < -0.4 is 0 Å². The third kappa shape index (κ3) is 5.41. The summed E-state index contributed by atoms with van der Waals surface area (Å²) in [6.45, 7) is 0. The first kappa shape index (κ1) is 39.5. The fourth-order valence-electron chi connectivity index (χ4n) is 13.2. The Hall–Kier alpha value is -9.36. The van der Waals surface area contributed by atoms with Gasteiger partial charge in [-0.05, 0) is 175 Å². The van der Waals surface area contributed by atoms with Gasteiger partial charge in [-0.25, -0.2) is 0 Å². The second-order valence-corrected chi connectivity index (χ2v) is 19.7. The quantitative estimate of drug-likeness (QED) is 0.115. The predicted octanol–water partition coefficient (Wildman–Crippen LogP) is 18.7. The predicted molar refractivity (Wildman–Crippen MR) is 301 cm³/mol. The van der Waals surface area contributed by atoms with Crippen molar-refractivity contribution in [3.05, 3.63) is 297 Å². The van der Waals surface area contributed by atoms with Gasteiger partial charge in [0.25, 0.3) is 0 Å². The fraction of sp³-hybridized carbons (Fsp3) is 0. The van der Waals surface area contributed by atoms with E-state index < -0.39 is 0 Å². The first-order valence-corrected chi connectivity index (χ1v) is 25.2. The van der Waals surface area contributed by atoms with Crippen LogP contribution in [0.5, 0.6) is 0 Å². The number of rotatable bonds is 6. The van der Waals surface area contributed by atoms with Crippen LogP contribution in [0.3, 0.4) is 0 Å². The molecule has 330 valence electrons. The molecule has 0 atom stereocenters. The van der Waals surface area contributed by atoms with Crippen LogP contribution in [0.4, 0.5) is 0 Å². The Morgan fingerprint density at radius 1 is 0.167 bits per heavy atom. The van der Waals surface area contributed by atoms with E-state index in [0.717, 1.165) is 0 Å². The molecule has 14 aromatic rings. The van der Waals surface area contributed by atoms with Gasteiger partial charge >= 0.3 is 0 Å². The lowest BCUT2D eigenvalue weighted by molar-refractivity contribution is 1.45. The zero-order chi connectivity index (χ0) is 47.0. The molecule has 16 rings (SSSR count). The largest absolute Gasteiger partial charge is 0.0622 e. The van der Waals surface area contributed by atoms with Gasteiger partial charge in [0.1, 0.15) is 0 Å². The van der Waals surface area contributed by atoms with Crippen molar-refractivity contribution >= 4 is 53.9 Å². The summed E-state index contributed by atoms with van der Waals surface area (Å²) >= 11 is 0. The molecule has 0 N–H and O–H groups in total. The van der Waals surface area contributed by atoms with E-state index in [2.05, 4.69) is 255 Å². The Kier molecular flexibility index (Phi) is 8.26. The number of benzene rings is 14. The maximum absolute atomic E-state index is 2.47. The van der Waals surface area contributed by atoms with E-state index in [0.29, 0.717) is 0 Å². The molecule has 0 radical (unpaired) electrons. The van der Waals surface area contributed by atoms with Gasteiger partial charge in [0.15, 0.2) is 0 Å². The van der Waals surface area contributed by atoms with Gasteiger partial charge in [0, 0.05) is 0 Å². The third-order valence-corrected chi connectivity index (χ3v) is 16.1. The van der Waals surface area contributed by atoms with E-state index in [9.17, 15) is 0 Å². The van der Waals surface area contributed by atoms with Gasteiger partial charge in [-0.3, -0.25) is 0 Å². The van der Waals surface area contributed by atoms with Crippen LogP contribution in [-0.4, -0.2) is 0 Å². The second kappa shape index (κ2) is 15.1. The summed E-state index contributed by atoms with van der Waals surface area (Å²) in [5.41, 5.74) is 15.0. The highest BCUT2D eigenvalue weighted by molar-refractivity contribution is 6.33. The van der Waals surface area contributed by atoms with Gasteiger partial charge in [0.2, 0.25) is 0 Å². The minimum Gasteiger partial charge on any atom is -0.0622 e. The summed E-state index contributed by atoms with van der Waals surface area (Å²) in [5, 5.41) is 23.7. The second-order valence-electron chi connectivity index (χ2n) is 19.7. The third-order valence-electron chi connectivity index (χ3n) is 16.1. The number of hydrogen-bond acceptors (Lipinski definition) is 0. The van der Waals surface area contributed by atoms with Crippen LogP contribution in [0.25, 0.3) is 121 Å². The normalized spacial score (nSPS) is 12.2. The highest BCUT2D eigenvalue weighted by atomic mass is 14.3. The first-order chi connectivity index (χ1) is 35.8. The molecular formula is C72H42. The Morgan fingerprint density at radius 3 is 0.944 bits per heavy atom. The lowest BCUT2D eigenvalue weighted by atomic mass is 9.87. The lowest BCUT2D eigenvalue weighted by Crippen LogP contribution is -1.93. The van der Waals surface area contributed by atoms with Crippen LogP contribution in [0.15, 0.2) is 255 Å². The standard InChI is InChI=1S/C72H42/c1-7-19-43(20-8-1)49-31-32-54-61(41-49)64(48-29-17-6-18-30-48)72-58-40-36-53-51-34-38-56-67-55(37-33-50(65(51)67)52-35-39-57(68(58)66(52)53)71(72)62(54)46-25-13-4-14-26-46)69-60(45-23-11-3-12-24-45)42-59(44-21-9-2-10-22-44)63(70(56)69)47-27-15-5-16-28-47/h1-42H. The summed E-state index contributed by atoms with van der Waals surface area (Å²) in [4.78, 5) is 0. The van der Waals surface area contributed by atoms with Crippen molar-refractivity contribution in [2.75, 3.05) is 0 Å². The molecular weight excluding hydrogens is 865 g/mol. The van der Waals surface area contributed by atoms with Gasteiger partial charge in [-0.15, -0.1) is 0 Å². The first-order valence-electron chi connectivity index (χ1n) is 25.2. The van der Waals surface area contributed by atoms with Crippen molar-refractivity contribution in [1.29, 1.82) is 0 Å². The average Bonchev–Trinajstić information content (AvgIpc) is 3.98. The van der Waals surface area contributed by atoms with E-state index in [4.69, 9.17) is 0 Å². The van der Waals surface area contributed by atoms with Crippen molar-refractivity contribution in [1.82, 2.24) is 0 Å². The van der Waals surface area contributed by atoms with Crippen LogP contribution in [-0.2, 0) is 0 Å². The molecule has 0 aromatic heterocycles.